The molecule has 1 aromatic carbocycles. The van der Waals surface area contributed by atoms with Crippen LogP contribution in [0.25, 0.3) is 0 Å². The van der Waals surface area contributed by atoms with Crippen LogP contribution in [0, 0.1) is 17.8 Å². The summed E-state index contributed by atoms with van der Waals surface area (Å²) >= 11 is 1.40. The van der Waals surface area contributed by atoms with Gasteiger partial charge in [-0.1, -0.05) is 32.9 Å². The summed E-state index contributed by atoms with van der Waals surface area (Å²) in [5.74, 6) is 2.19. The van der Waals surface area contributed by atoms with Crippen molar-refractivity contribution in [2.75, 3.05) is 42.5 Å². The van der Waals surface area contributed by atoms with Crippen LogP contribution in [-0.2, 0) is 5.41 Å². The third kappa shape index (κ3) is 5.59. The lowest BCUT2D eigenvalue weighted by atomic mass is 9.86. The van der Waals surface area contributed by atoms with Gasteiger partial charge in [-0.25, -0.2) is 9.78 Å². The minimum atomic E-state index is -0.383. The second-order valence-corrected chi connectivity index (χ2v) is 13.3. The fourth-order valence-electron chi connectivity index (χ4n) is 6.19. The van der Waals surface area contributed by atoms with Gasteiger partial charge >= 0.3 is 6.09 Å². The Kier molecular flexibility index (Phi) is 7.29. The van der Waals surface area contributed by atoms with Crippen LogP contribution in [-0.4, -0.2) is 54.6 Å². The molecule has 4 heterocycles. The first-order valence-electron chi connectivity index (χ1n) is 14.4. The summed E-state index contributed by atoms with van der Waals surface area (Å²) in [4.78, 5) is 37.3. The van der Waals surface area contributed by atoms with E-state index in [9.17, 15) is 9.59 Å². The van der Waals surface area contributed by atoms with Gasteiger partial charge in [-0.05, 0) is 89.8 Å². The van der Waals surface area contributed by atoms with Crippen molar-refractivity contribution in [2.24, 2.45) is 17.8 Å². The summed E-state index contributed by atoms with van der Waals surface area (Å²) in [6.07, 6.45) is 5.07. The zero-order chi connectivity index (χ0) is 27.9. The number of hydrogen-bond acceptors (Lipinski definition) is 6. The van der Waals surface area contributed by atoms with Gasteiger partial charge in [-0.2, -0.15) is 0 Å². The minimum Gasteiger partial charge on any atom is -0.399 e. The summed E-state index contributed by atoms with van der Waals surface area (Å²) in [7, 11) is 0. The van der Waals surface area contributed by atoms with Gasteiger partial charge in [0.15, 0.2) is 5.06 Å². The van der Waals surface area contributed by atoms with Crippen molar-refractivity contribution in [2.45, 2.75) is 45.4 Å². The molecule has 210 valence electrons. The Morgan fingerprint density at radius 2 is 1.73 bits per heavy atom. The minimum absolute atomic E-state index is 0.0595. The summed E-state index contributed by atoms with van der Waals surface area (Å²) in [5.41, 5.74) is 2.77. The molecule has 2 amide bonds. The average molecular weight is 559 g/mol. The standard InChI is InChI=1S/C32H38N4O3S/c1-32(2,3)23-11-9-22(10-12-23)30(37)35-19-25-26(20-35)27(25)21-36(31(38)39-29-8-7-17-40-29)24-13-14-28(33-18-24)34-15-5-4-6-16-34/h7-14,17-18,25-27H,4-6,15-16,19-21H2,1-3H3. The fourth-order valence-corrected chi connectivity index (χ4v) is 6.76. The van der Waals surface area contributed by atoms with Crippen molar-refractivity contribution < 1.29 is 14.3 Å². The molecule has 0 bridgehead atoms. The van der Waals surface area contributed by atoms with Crippen molar-refractivity contribution >= 4 is 34.8 Å². The highest BCUT2D eigenvalue weighted by molar-refractivity contribution is 7.11. The largest absolute Gasteiger partial charge is 0.420 e. The number of hydrogen-bond donors (Lipinski definition) is 0. The molecule has 7 nitrogen and oxygen atoms in total. The Morgan fingerprint density at radius 3 is 2.33 bits per heavy atom. The van der Waals surface area contributed by atoms with Crippen molar-refractivity contribution in [1.29, 1.82) is 0 Å². The van der Waals surface area contributed by atoms with Crippen LogP contribution in [0.2, 0.25) is 0 Å². The van der Waals surface area contributed by atoms with Crippen LogP contribution in [0.1, 0.15) is 56.0 Å². The molecular weight excluding hydrogens is 520 g/mol. The van der Waals surface area contributed by atoms with E-state index in [4.69, 9.17) is 9.72 Å². The SMILES string of the molecule is CC(C)(C)c1ccc(C(=O)N2CC3C(C2)C3CN(C(=O)Oc2cccs2)c2ccc(N3CCCCC3)nc2)cc1. The highest BCUT2D eigenvalue weighted by Crippen LogP contribution is 2.52. The predicted octanol–water partition coefficient (Wildman–Crippen LogP) is 6.45. The van der Waals surface area contributed by atoms with Crippen LogP contribution in [0.5, 0.6) is 5.06 Å². The quantitative estimate of drug-likeness (QED) is 0.348. The maximum absolute atomic E-state index is 13.3. The molecule has 2 saturated heterocycles. The molecule has 8 heteroatoms. The molecule has 3 fully saturated rings. The number of rotatable bonds is 6. The van der Waals surface area contributed by atoms with E-state index in [2.05, 4.69) is 37.8 Å². The molecule has 3 aliphatic rings. The van der Waals surface area contributed by atoms with Crippen LogP contribution in [0.4, 0.5) is 16.3 Å². The normalized spacial score (nSPS) is 22.1. The number of pyridine rings is 1. The van der Waals surface area contributed by atoms with Crippen LogP contribution >= 0.6 is 11.3 Å². The maximum Gasteiger partial charge on any atom is 0.420 e. The number of carbonyl (C=O) groups is 2. The zero-order valence-electron chi connectivity index (χ0n) is 23.6. The van der Waals surface area contributed by atoms with Gasteiger partial charge in [0.2, 0.25) is 0 Å². The highest BCUT2D eigenvalue weighted by atomic mass is 32.1. The van der Waals surface area contributed by atoms with E-state index in [1.165, 1.54) is 36.2 Å². The van der Waals surface area contributed by atoms with Crippen molar-refractivity contribution in [3.63, 3.8) is 0 Å². The van der Waals surface area contributed by atoms with Gasteiger partial charge in [0.05, 0.1) is 11.9 Å². The maximum atomic E-state index is 13.3. The molecule has 40 heavy (non-hydrogen) atoms. The van der Waals surface area contributed by atoms with E-state index < -0.39 is 0 Å². The van der Waals surface area contributed by atoms with E-state index in [1.807, 2.05) is 46.7 Å². The van der Waals surface area contributed by atoms with Crippen LogP contribution in [0.15, 0.2) is 60.1 Å². The molecule has 2 aliphatic heterocycles. The molecule has 0 spiro atoms. The lowest BCUT2D eigenvalue weighted by molar-refractivity contribution is 0.0768. The number of anilines is 2. The molecule has 3 aromatic rings. The summed E-state index contributed by atoms with van der Waals surface area (Å²) in [6.45, 7) is 10.6. The molecule has 1 saturated carbocycles. The van der Waals surface area contributed by atoms with Crippen molar-refractivity contribution in [1.82, 2.24) is 9.88 Å². The van der Waals surface area contributed by atoms with E-state index in [1.54, 1.807) is 11.1 Å². The van der Waals surface area contributed by atoms with Gasteiger partial charge in [0.1, 0.15) is 5.82 Å². The Bertz CT molecular complexity index is 1320. The number of amides is 2. The summed E-state index contributed by atoms with van der Waals surface area (Å²) in [6, 6.07) is 15.7. The molecular formula is C32H38N4O3S. The number of thiophene rings is 1. The molecule has 1 aliphatic carbocycles. The number of likely N-dealkylation sites (tertiary alicyclic amines) is 1. The number of nitrogens with zero attached hydrogens (tertiary/aromatic N) is 4. The van der Waals surface area contributed by atoms with Gasteiger partial charge < -0.3 is 14.5 Å². The summed E-state index contributed by atoms with van der Waals surface area (Å²) < 4.78 is 5.72. The van der Waals surface area contributed by atoms with E-state index in [0.29, 0.717) is 29.4 Å². The van der Waals surface area contributed by atoms with Crippen LogP contribution < -0.4 is 14.5 Å². The number of fused-ring (bicyclic) bond motifs is 1. The predicted molar refractivity (Wildman–Crippen MR) is 160 cm³/mol. The lowest BCUT2D eigenvalue weighted by Crippen LogP contribution is -2.38. The topological polar surface area (TPSA) is 66.0 Å². The van der Waals surface area contributed by atoms with Gasteiger partial charge in [-0.15, -0.1) is 11.3 Å². The lowest BCUT2D eigenvalue weighted by Gasteiger charge is -2.28. The number of aromatic nitrogens is 1. The third-order valence-corrected chi connectivity index (χ3v) is 9.42. The van der Waals surface area contributed by atoms with E-state index >= 15 is 0 Å². The second kappa shape index (κ2) is 10.9. The number of carbonyl (C=O) groups excluding carboxylic acids is 2. The smallest absolute Gasteiger partial charge is 0.399 e. The van der Waals surface area contributed by atoms with Gasteiger partial charge in [0, 0.05) is 38.3 Å². The van der Waals surface area contributed by atoms with Gasteiger partial charge in [-0.3, -0.25) is 9.69 Å². The number of benzene rings is 1. The average Bonchev–Trinajstić information content (AvgIpc) is 3.32. The van der Waals surface area contributed by atoms with Gasteiger partial charge in [0.25, 0.3) is 5.91 Å². The van der Waals surface area contributed by atoms with Crippen molar-refractivity contribution in [3.05, 3.63) is 71.2 Å². The van der Waals surface area contributed by atoms with E-state index in [0.717, 1.165) is 43.2 Å². The monoisotopic (exact) mass is 558 g/mol. The number of piperidine rings is 2. The summed E-state index contributed by atoms with van der Waals surface area (Å²) in [5, 5.41) is 2.48. The third-order valence-electron chi connectivity index (χ3n) is 8.68. The second-order valence-electron chi connectivity index (χ2n) is 12.4. The molecule has 2 unspecified atom stereocenters. The highest BCUT2D eigenvalue weighted by Gasteiger charge is 2.57. The Labute approximate surface area is 240 Å². The first kappa shape index (κ1) is 26.8. The zero-order valence-corrected chi connectivity index (χ0v) is 24.4. The molecule has 0 N–H and O–H groups in total. The molecule has 0 radical (unpaired) electrons. The van der Waals surface area contributed by atoms with E-state index in [-0.39, 0.29) is 17.4 Å². The number of ether oxygens (including phenoxy) is 1. The first-order chi connectivity index (χ1) is 19.3. The molecule has 6 rings (SSSR count). The fraction of sp³-hybridized carbons (Fsp3) is 0.469. The van der Waals surface area contributed by atoms with Crippen LogP contribution in [0.3, 0.4) is 0 Å². The Hall–Kier alpha value is -3.39. The first-order valence-corrected chi connectivity index (χ1v) is 15.3. The van der Waals surface area contributed by atoms with Crippen molar-refractivity contribution in [3.8, 4) is 5.06 Å². The molecule has 2 atom stereocenters. The molecule has 2 aromatic heterocycles. The Morgan fingerprint density at radius 1 is 1.00 bits per heavy atom. The Balaban J connectivity index is 1.12.